The highest BCUT2D eigenvalue weighted by Crippen LogP contribution is 2.61. The maximum Gasteiger partial charge on any atom is 0.411 e. The molecule has 0 unspecified atom stereocenters. The van der Waals surface area contributed by atoms with Gasteiger partial charge in [-0.15, -0.1) is 0 Å². The maximum atomic E-state index is 13.3. The zero-order valence-electron chi connectivity index (χ0n) is 23.6. The van der Waals surface area contributed by atoms with Crippen molar-refractivity contribution >= 4 is 23.2 Å². The molecule has 7 nitrogen and oxygen atoms in total. The number of imidazole rings is 2. The van der Waals surface area contributed by atoms with Crippen molar-refractivity contribution in [2.45, 2.75) is 64.5 Å². The second-order valence-corrected chi connectivity index (χ2v) is 12.2. The van der Waals surface area contributed by atoms with Gasteiger partial charge in [-0.05, 0) is 93.8 Å². The number of hydrogen-bond acceptors (Lipinski definition) is 4. The van der Waals surface area contributed by atoms with E-state index >= 15 is 0 Å². The highest BCUT2D eigenvalue weighted by atomic mass is 16.6. The number of rotatable bonds is 4. The smallest absolute Gasteiger partial charge is 0.411 e. The first-order valence-corrected chi connectivity index (χ1v) is 13.9. The van der Waals surface area contributed by atoms with Gasteiger partial charge in [0.05, 0.1) is 22.9 Å². The van der Waals surface area contributed by atoms with E-state index in [1.165, 1.54) is 0 Å². The summed E-state index contributed by atoms with van der Waals surface area (Å²) >= 11 is 0. The predicted octanol–water partition coefficient (Wildman–Crippen LogP) is 7.02. The number of amides is 1. The lowest BCUT2D eigenvalue weighted by molar-refractivity contribution is 0.00425. The SMILES string of the molecule is C=Cc1nc2ccc(C#Cc3ccc(-c4cnc([C@]5(CC)CC6(CC6)CN5C(=O)OC(C)(C)C)[nH]4)cc3)cc2[nH]1. The Bertz CT molecular complexity index is 1660. The lowest BCUT2D eigenvalue weighted by Gasteiger charge is -2.37. The Hall–Kier alpha value is -4.31. The van der Waals surface area contributed by atoms with E-state index in [2.05, 4.69) is 52.4 Å². The summed E-state index contributed by atoms with van der Waals surface area (Å²) in [4.78, 5) is 31.3. The number of nitrogens with one attached hydrogen (secondary N) is 2. The minimum atomic E-state index is -0.546. The summed E-state index contributed by atoms with van der Waals surface area (Å²) in [6, 6.07) is 14.1. The van der Waals surface area contributed by atoms with E-state index in [0.717, 1.165) is 77.3 Å². The third kappa shape index (κ3) is 4.79. The molecule has 1 spiro atoms. The number of aromatic amines is 2. The van der Waals surface area contributed by atoms with Gasteiger partial charge in [-0.25, -0.2) is 14.8 Å². The van der Waals surface area contributed by atoms with Crippen molar-refractivity contribution in [1.29, 1.82) is 0 Å². The second kappa shape index (κ2) is 9.41. The van der Waals surface area contributed by atoms with E-state index in [1.54, 1.807) is 6.08 Å². The standard InChI is InChI=1S/C33H35N5O2/c1-6-28-35-25-15-12-23(18-26(25)36-28)9-8-22-10-13-24(14-11-22)27-19-34-29(37-27)33(7-2)20-32(16-17-32)21-38(33)30(39)40-31(3,4)5/h6,10-15,18-19H,1,7,16-17,20-21H2,2-5H3,(H,34,37)(H,35,36)/t33-/m0/s1. The van der Waals surface area contributed by atoms with E-state index in [-0.39, 0.29) is 11.5 Å². The van der Waals surface area contributed by atoms with Crippen molar-refractivity contribution in [3.63, 3.8) is 0 Å². The molecule has 7 heteroatoms. The molecule has 1 atom stereocenters. The van der Waals surface area contributed by atoms with Crippen LogP contribution in [0.25, 0.3) is 28.4 Å². The number of fused-ring (bicyclic) bond motifs is 1. The van der Waals surface area contributed by atoms with Crippen LogP contribution in [0.5, 0.6) is 0 Å². The molecule has 2 N–H and O–H groups in total. The molecule has 2 aliphatic rings. The Morgan fingerprint density at radius 1 is 1.12 bits per heavy atom. The minimum Gasteiger partial charge on any atom is -0.444 e. The molecular weight excluding hydrogens is 498 g/mol. The average Bonchev–Trinajstić information content (AvgIpc) is 3.27. The summed E-state index contributed by atoms with van der Waals surface area (Å²) < 4.78 is 5.83. The van der Waals surface area contributed by atoms with Gasteiger partial charge >= 0.3 is 6.09 Å². The van der Waals surface area contributed by atoms with Gasteiger partial charge in [0.25, 0.3) is 0 Å². The zero-order chi connectivity index (χ0) is 28.1. The molecule has 0 radical (unpaired) electrons. The summed E-state index contributed by atoms with van der Waals surface area (Å²) in [7, 11) is 0. The van der Waals surface area contributed by atoms with Crippen LogP contribution < -0.4 is 0 Å². The molecule has 6 rings (SSSR count). The number of hydrogen-bond donors (Lipinski definition) is 2. The summed E-state index contributed by atoms with van der Waals surface area (Å²) in [5.74, 6) is 8.08. The first-order chi connectivity index (χ1) is 19.1. The molecule has 3 heterocycles. The molecule has 0 bridgehead atoms. The third-order valence-electron chi connectivity index (χ3n) is 8.09. The number of H-pyrrole nitrogens is 2. The molecule has 2 aromatic carbocycles. The number of ether oxygens (including phenoxy) is 1. The number of carbonyl (C=O) groups is 1. The van der Waals surface area contributed by atoms with Crippen LogP contribution in [0, 0.1) is 17.3 Å². The predicted molar refractivity (Wildman–Crippen MR) is 157 cm³/mol. The van der Waals surface area contributed by atoms with Gasteiger partial charge in [-0.2, -0.15) is 0 Å². The molecule has 4 aromatic rings. The Balaban J connectivity index is 1.23. The van der Waals surface area contributed by atoms with Crippen LogP contribution in [-0.4, -0.2) is 43.1 Å². The van der Waals surface area contributed by atoms with Gasteiger partial charge in [0, 0.05) is 17.7 Å². The summed E-state index contributed by atoms with van der Waals surface area (Å²) in [6.45, 7) is 12.4. The van der Waals surface area contributed by atoms with Crippen LogP contribution in [0.3, 0.4) is 0 Å². The molecule has 1 aliphatic carbocycles. The topological polar surface area (TPSA) is 86.9 Å². The monoisotopic (exact) mass is 533 g/mol. The molecule has 2 aromatic heterocycles. The number of benzene rings is 2. The zero-order valence-corrected chi connectivity index (χ0v) is 23.6. The Kier molecular flexibility index (Phi) is 6.10. The summed E-state index contributed by atoms with van der Waals surface area (Å²) in [5, 5.41) is 0. The third-order valence-corrected chi connectivity index (χ3v) is 8.09. The molecular formula is C33H35N5O2. The van der Waals surface area contributed by atoms with E-state index in [4.69, 9.17) is 9.72 Å². The molecule has 40 heavy (non-hydrogen) atoms. The lowest BCUT2D eigenvalue weighted by atomic mass is 9.87. The fraction of sp³-hybridized carbons (Fsp3) is 0.364. The molecule has 1 aliphatic heterocycles. The Labute approximate surface area is 235 Å². The van der Waals surface area contributed by atoms with Gasteiger partial charge in [-0.3, -0.25) is 4.90 Å². The number of carbonyl (C=O) groups excluding carboxylic acids is 1. The van der Waals surface area contributed by atoms with E-state index in [9.17, 15) is 4.79 Å². The van der Waals surface area contributed by atoms with Gasteiger partial charge in [0.2, 0.25) is 0 Å². The number of likely N-dealkylation sites (tertiary alicyclic amines) is 1. The van der Waals surface area contributed by atoms with Crippen molar-refractivity contribution in [1.82, 2.24) is 24.8 Å². The average molecular weight is 534 g/mol. The van der Waals surface area contributed by atoms with Crippen molar-refractivity contribution in [2.24, 2.45) is 5.41 Å². The highest BCUT2D eigenvalue weighted by molar-refractivity contribution is 5.78. The second-order valence-electron chi connectivity index (χ2n) is 12.2. The van der Waals surface area contributed by atoms with E-state index in [0.29, 0.717) is 0 Å². The van der Waals surface area contributed by atoms with Crippen LogP contribution in [-0.2, 0) is 10.3 Å². The fourth-order valence-electron chi connectivity index (χ4n) is 5.81. The molecule has 1 saturated heterocycles. The van der Waals surface area contributed by atoms with Gasteiger partial charge in [-0.1, -0.05) is 37.5 Å². The summed E-state index contributed by atoms with van der Waals surface area (Å²) in [5.41, 5.74) is 4.77. The van der Waals surface area contributed by atoms with Crippen LogP contribution >= 0.6 is 0 Å². The molecule has 204 valence electrons. The van der Waals surface area contributed by atoms with Gasteiger partial charge < -0.3 is 14.7 Å². The number of aromatic nitrogens is 4. The number of nitrogens with zero attached hydrogens (tertiary/aromatic N) is 3. The van der Waals surface area contributed by atoms with Crippen LogP contribution in [0.4, 0.5) is 4.79 Å². The largest absolute Gasteiger partial charge is 0.444 e. The highest BCUT2D eigenvalue weighted by Gasteiger charge is 2.62. The Morgan fingerprint density at radius 3 is 2.52 bits per heavy atom. The first kappa shape index (κ1) is 25.9. The normalized spacial score (nSPS) is 19.4. The van der Waals surface area contributed by atoms with Crippen molar-refractivity contribution < 1.29 is 9.53 Å². The first-order valence-electron chi connectivity index (χ1n) is 13.9. The lowest BCUT2D eigenvalue weighted by Crippen LogP contribution is -2.47. The molecule has 1 saturated carbocycles. The van der Waals surface area contributed by atoms with Crippen molar-refractivity contribution in [2.75, 3.05) is 6.54 Å². The molecule has 1 amide bonds. The quantitative estimate of drug-likeness (QED) is 0.276. The fourth-order valence-corrected chi connectivity index (χ4v) is 5.81. The van der Waals surface area contributed by atoms with E-state index < -0.39 is 11.1 Å². The van der Waals surface area contributed by atoms with Crippen molar-refractivity contribution in [3.05, 3.63) is 78.0 Å². The van der Waals surface area contributed by atoms with Gasteiger partial charge in [0.15, 0.2) is 0 Å². The Morgan fingerprint density at radius 2 is 1.85 bits per heavy atom. The van der Waals surface area contributed by atoms with Crippen LogP contribution in [0.1, 0.15) is 76.2 Å². The van der Waals surface area contributed by atoms with Crippen LogP contribution in [0.2, 0.25) is 0 Å². The molecule has 2 fully saturated rings. The van der Waals surface area contributed by atoms with Crippen molar-refractivity contribution in [3.8, 4) is 23.1 Å². The summed E-state index contributed by atoms with van der Waals surface area (Å²) in [6.07, 6.45) is 7.30. The maximum absolute atomic E-state index is 13.3. The van der Waals surface area contributed by atoms with Crippen LogP contribution in [0.15, 0.2) is 55.2 Å². The van der Waals surface area contributed by atoms with E-state index in [1.807, 2.05) is 62.2 Å². The van der Waals surface area contributed by atoms with Gasteiger partial charge in [0.1, 0.15) is 22.8 Å². The minimum absolute atomic E-state index is 0.191.